The molecule has 0 atom stereocenters. The Bertz CT molecular complexity index is 773. The summed E-state index contributed by atoms with van der Waals surface area (Å²) in [4.78, 5) is 18.7. The number of nitrogens with zero attached hydrogens (tertiary/aromatic N) is 3. The lowest BCUT2D eigenvalue weighted by atomic mass is 10.1. The predicted octanol–water partition coefficient (Wildman–Crippen LogP) is 4.15. The third kappa shape index (κ3) is 5.93. The molecule has 1 aromatic carbocycles. The lowest BCUT2D eigenvalue weighted by Crippen LogP contribution is -2.26. The summed E-state index contributed by atoms with van der Waals surface area (Å²) in [5.74, 6) is 1.45. The van der Waals surface area contributed by atoms with E-state index >= 15 is 0 Å². The lowest BCUT2D eigenvalue weighted by Gasteiger charge is -2.18. The molecule has 0 fully saturated rings. The fraction of sp³-hybridized carbons (Fsp3) is 0.545. The van der Waals surface area contributed by atoms with Gasteiger partial charge in [0.25, 0.3) is 0 Å². The highest BCUT2D eigenvalue weighted by Gasteiger charge is 2.12. The van der Waals surface area contributed by atoms with Gasteiger partial charge >= 0.3 is 5.97 Å². The molecule has 0 bridgehead atoms. The topological polar surface area (TPSA) is 47.4 Å². The van der Waals surface area contributed by atoms with E-state index in [2.05, 4.69) is 48.0 Å². The number of fused-ring (bicyclic) bond motifs is 1. The molecular weight excluding hydrogens is 338 g/mol. The van der Waals surface area contributed by atoms with Crippen LogP contribution in [0, 0.1) is 5.92 Å². The number of aryl methyl sites for hydroxylation is 1. The summed E-state index contributed by atoms with van der Waals surface area (Å²) in [7, 11) is 1.38. The van der Waals surface area contributed by atoms with Gasteiger partial charge in [-0.2, -0.15) is 0 Å². The van der Waals surface area contributed by atoms with E-state index in [1.165, 1.54) is 18.7 Å². The van der Waals surface area contributed by atoms with E-state index in [4.69, 9.17) is 4.98 Å². The number of rotatable bonds is 10. The van der Waals surface area contributed by atoms with Crippen LogP contribution in [-0.4, -0.2) is 47.2 Å². The normalized spacial score (nSPS) is 12.0. The number of hydrogen-bond acceptors (Lipinski definition) is 4. The Labute approximate surface area is 163 Å². The highest BCUT2D eigenvalue weighted by atomic mass is 16.5. The number of benzene rings is 1. The largest absolute Gasteiger partial charge is 0.466 e. The number of carbonyl (C=O) groups excluding carboxylic acids is 1. The van der Waals surface area contributed by atoms with Crippen molar-refractivity contribution in [2.75, 3.05) is 26.7 Å². The minimum atomic E-state index is -0.350. The summed E-state index contributed by atoms with van der Waals surface area (Å²) >= 11 is 0. The molecule has 148 valence electrons. The summed E-state index contributed by atoms with van der Waals surface area (Å²) in [6, 6.07) is 6.19. The maximum absolute atomic E-state index is 11.3. The molecule has 0 aliphatic rings. The molecular formula is C22H33N3O2. The van der Waals surface area contributed by atoms with Crippen LogP contribution in [0.3, 0.4) is 0 Å². The van der Waals surface area contributed by atoms with Crippen molar-refractivity contribution in [2.45, 2.75) is 47.1 Å². The molecule has 0 saturated carbocycles. The van der Waals surface area contributed by atoms with E-state index in [0.29, 0.717) is 5.92 Å². The molecule has 0 saturated heterocycles. The van der Waals surface area contributed by atoms with Gasteiger partial charge in [-0.1, -0.05) is 33.8 Å². The standard InChI is InChI=1S/C22H33N3O2/c1-6-24(7-2)14-13-21-23-19-16-18(9-11-22(26)27-5)8-10-20(19)25(21)15-12-17(3)4/h8-11,16-17H,6-7,12-15H2,1-5H3/b11-9+. The number of esters is 1. The van der Waals surface area contributed by atoms with Crippen LogP contribution in [0.5, 0.6) is 0 Å². The van der Waals surface area contributed by atoms with E-state index < -0.39 is 0 Å². The van der Waals surface area contributed by atoms with Gasteiger partial charge in [0.1, 0.15) is 5.82 Å². The molecule has 1 aromatic heterocycles. The first-order chi connectivity index (χ1) is 13.0. The molecule has 0 aliphatic heterocycles. The second kappa shape index (κ2) is 10.3. The van der Waals surface area contributed by atoms with E-state index in [-0.39, 0.29) is 5.97 Å². The number of aromatic nitrogens is 2. The molecule has 0 unspecified atom stereocenters. The number of ether oxygens (including phenoxy) is 1. The quantitative estimate of drug-likeness (QED) is 0.465. The molecule has 0 amide bonds. The lowest BCUT2D eigenvalue weighted by molar-refractivity contribution is -0.134. The average Bonchev–Trinajstić information content (AvgIpc) is 3.01. The summed E-state index contributed by atoms with van der Waals surface area (Å²) in [5, 5.41) is 0. The summed E-state index contributed by atoms with van der Waals surface area (Å²) in [6.45, 7) is 13.0. The summed E-state index contributed by atoms with van der Waals surface area (Å²) in [6.07, 6.45) is 5.29. The number of imidazole rings is 1. The Balaban J connectivity index is 2.32. The Morgan fingerprint density at radius 3 is 2.67 bits per heavy atom. The van der Waals surface area contributed by atoms with Crippen LogP contribution in [0.15, 0.2) is 24.3 Å². The van der Waals surface area contributed by atoms with Crippen molar-refractivity contribution in [3.63, 3.8) is 0 Å². The van der Waals surface area contributed by atoms with Crippen LogP contribution in [-0.2, 0) is 22.5 Å². The van der Waals surface area contributed by atoms with Crippen molar-refractivity contribution < 1.29 is 9.53 Å². The van der Waals surface area contributed by atoms with Crippen molar-refractivity contribution in [1.82, 2.24) is 14.5 Å². The summed E-state index contributed by atoms with van der Waals surface area (Å²) < 4.78 is 7.03. The van der Waals surface area contributed by atoms with Crippen LogP contribution in [0.2, 0.25) is 0 Å². The van der Waals surface area contributed by atoms with Crippen molar-refractivity contribution in [1.29, 1.82) is 0 Å². The third-order valence-corrected chi connectivity index (χ3v) is 4.94. The van der Waals surface area contributed by atoms with Crippen LogP contribution in [0.25, 0.3) is 17.1 Å². The number of hydrogen-bond donors (Lipinski definition) is 0. The van der Waals surface area contributed by atoms with Crippen molar-refractivity contribution >= 4 is 23.1 Å². The van der Waals surface area contributed by atoms with Crippen molar-refractivity contribution in [3.05, 3.63) is 35.7 Å². The Morgan fingerprint density at radius 1 is 1.30 bits per heavy atom. The number of carbonyl (C=O) groups is 1. The molecule has 1 heterocycles. The minimum absolute atomic E-state index is 0.350. The smallest absolute Gasteiger partial charge is 0.330 e. The van der Waals surface area contributed by atoms with Crippen molar-refractivity contribution in [2.24, 2.45) is 5.92 Å². The number of methoxy groups -OCH3 is 1. The van der Waals surface area contributed by atoms with Gasteiger partial charge in [0.05, 0.1) is 18.1 Å². The minimum Gasteiger partial charge on any atom is -0.466 e. The maximum atomic E-state index is 11.3. The van der Waals surface area contributed by atoms with Crippen molar-refractivity contribution in [3.8, 4) is 0 Å². The molecule has 5 heteroatoms. The second-order valence-corrected chi connectivity index (χ2v) is 7.24. The zero-order valence-corrected chi connectivity index (χ0v) is 17.4. The first-order valence-electron chi connectivity index (χ1n) is 9.96. The zero-order chi connectivity index (χ0) is 19.8. The summed E-state index contributed by atoms with van der Waals surface area (Å²) in [5.41, 5.74) is 3.11. The molecule has 0 spiro atoms. The molecule has 0 radical (unpaired) electrons. The molecule has 0 aliphatic carbocycles. The monoisotopic (exact) mass is 371 g/mol. The zero-order valence-electron chi connectivity index (χ0n) is 17.4. The molecule has 2 aromatic rings. The van der Waals surface area contributed by atoms with Crippen LogP contribution in [0.1, 0.15) is 45.5 Å². The first kappa shape index (κ1) is 21.2. The van der Waals surface area contributed by atoms with Gasteiger partial charge in [0.2, 0.25) is 0 Å². The number of likely N-dealkylation sites (N-methyl/N-ethyl adjacent to an activating group) is 1. The Kier molecular flexibility index (Phi) is 8.04. The molecule has 27 heavy (non-hydrogen) atoms. The molecule has 2 rings (SSSR count). The molecule has 0 N–H and O–H groups in total. The third-order valence-electron chi connectivity index (χ3n) is 4.94. The fourth-order valence-corrected chi connectivity index (χ4v) is 3.16. The predicted molar refractivity (Wildman–Crippen MR) is 112 cm³/mol. The van der Waals surface area contributed by atoms with Crippen LogP contribution >= 0.6 is 0 Å². The van der Waals surface area contributed by atoms with E-state index in [1.807, 2.05) is 12.1 Å². The Morgan fingerprint density at radius 2 is 2.04 bits per heavy atom. The second-order valence-electron chi connectivity index (χ2n) is 7.24. The maximum Gasteiger partial charge on any atom is 0.330 e. The molecule has 5 nitrogen and oxygen atoms in total. The van der Waals surface area contributed by atoms with Crippen LogP contribution in [0.4, 0.5) is 0 Å². The van der Waals surface area contributed by atoms with Crippen LogP contribution < -0.4 is 0 Å². The van der Waals surface area contributed by atoms with Gasteiger partial charge in [-0.3, -0.25) is 0 Å². The van der Waals surface area contributed by atoms with Gasteiger partial charge in [0.15, 0.2) is 0 Å². The van der Waals surface area contributed by atoms with Gasteiger partial charge in [-0.25, -0.2) is 9.78 Å². The Hall–Kier alpha value is -2.14. The van der Waals surface area contributed by atoms with E-state index in [0.717, 1.165) is 55.9 Å². The van der Waals surface area contributed by atoms with E-state index in [1.54, 1.807) is 6.08 Å². The average molecular weight is 372 g/mol. The SMILES string of the molecule is CCN(CC)CCc1nc2cc(/C=C/C(=O)OC)ccc2n1CCC(C)C. The highest BCUT2D eigenvalue weighted by molar-refractivity contribution is 5.88. The van der Waals surface area contributed by atoms with Gasteiger partial charge in [0, 0.05) is 25.6 Å². The van der Waals surface area contributed by atoms with Gasteiger partial charge in [-0.15, -0.1) is 0 Å². The highest BCUT2D eigenvalue weighted by Crippen LogP contribution is 2.21. The fourth-order valence-electron chi connectivity index (χ4n) is 3.16. The first-order valence-corrected chi connectivity index (χ1v) is 9.96. The van der Waals surface area contributed by atoms with Gasteiger partial charge < -0.3 is 14.2 Å². The van der Waals surface area contributed by atoms with Gasteiger partial charge in [-0.05, 0) is 49.2 Å². The van der Waals surface area contributed by atoms with E-state index in [9.17, 15) is 4.79 Å².